The Labute approximate surface area is 160 Å². The zero-order chi connectivity index (χ0) is 20.1. The van der Waals surface area contributed by atoms with E-state index in [1.165, 1.54) is 6.07 Å². The molecule has 1 aromatic heterocycles. The number of rotatable bonds is 3. The van der Waals surface area contributed by atoms with E-state index in [-0.39, 0.29) is 23.0 Å². The molecule has 0 atom stereocenters. The van der Waals surface area contributed by atoms with E-state index in [4.69, 9.17) is 5.73 Å². The number of amides is 1. The first-order chi connectivity index (χ1) is 13.2. The van der Waals surface area contributed by atoms with Crippen molar-refractivity contribution in [1.29, 1.82) is 0 Å². The van der Waals surface area contributed by atoms with Gasteiger partial charge in [-0.1, -0.05) is 6.07 Å². The second kappa shape index (κ2) is 6.70. The summed E-state index contributed by atoms with van der Waals surface area (Å²) in [4.78, 5) is 15.0. The number of sulfone groups is 1. The first kappa shape index (κ1) is 18.6. The maximum Gasteiger partial charge on any atom is 0.250 e. The molecule has 0 radical (unpaired) electrons. The fraction of sp³-hybridized carbons (Fsp3) is 0.250. The van der Waals surface area contributed by atoms with Gasteiger partial charge >= 0.3 is 0 Å². The minimum absolute atomic E-state index is 0.0261. The molecule has 1 aliphatic heterocycles. The highest BCUT2D eigenvalue weighted by atomic mass is 32.2. The second-order valence-corrected chi connectivity index (χ2v) is 9.41. The van der Waals surface area contributed by atoms with Crippen molar-refractivity contribution >= 4 is 26.6 Å². The molecule has 8 heteroatoms. The van der Waals surface area contributed by atoms with Crippen LogP contribution in [-0.4, -0.2) is 30.8 Å². The highest BCUT2D eigenvalue weighted by molar-refractivity contribution is 7.91. The molecule has 2 heterocycles. The second-order valence-electron chi connectivity index (χ2n) is 7.11. The number of aromatic nitrogens is 1. The van der Waals surface area contributed by atoms with Crippen molar-refractivity contribution in [3.8, 4) is 11.1 Å². The van der Waals surface area contributed by atoms with E-state index in [2.05, 4.69) is 4.98 Å². The number of carbonyl (C=O) groups excluding carboxylic acids is 1. The lowest BCUT2D eigenvalue weighted by molar-refractivity contribution is 0.100. The number of hydrogen-bond acceptors (Lipinski definition) is 3. The van der Waals surface area contributed by atoms with Crippen LogP contribution in [0.15, 0.2) is 36.5 Å². The number of fused-ring (bicyclic) bond motifs is 1. The number of nitrogens with two attached hydrogens (primary N) is 1. The maximum atomic E-state index is 13.7. The summed E-state index contributed by atoms with van der Waals surface area (Å²) in [5.74, 6) is -2.31. The Kier molecular flexibility index (Phi) is 4.45. The Morgan fingerprint density at radius 2 is 1.75 bits per heavy atom. The number of H-pyrrole nitrogens is 1. The van der Waals surface area contributed by atoms with Crippen LogP contribution in [0.25, 0.3) is 22.0 Å². The Balaban J connectivity index is 1.86. The standard InChI is InChI=1S/C20H18F2N2O3S/c21-17-2-1-12(9-18(17)22)13-7-14-16(11-3-5-28(26,27)6-4-11)10-24-19(14)15(8-13)20(23)25/h1-2,7-11,24H,3-6H2,(H2,23,25). The van der Waals surface area contributed by atoms with Gasteiger partial charge < -0.3 is 10.7 Å². The van der Waals surface area contributed by atoms with E-state index >= 15 is 0 Å². The third-order valence-corrected chi connectivity index (χ3v) is 7.05. The van der Waals surface area contributed by atoms with E-state index in [0.29, 0.717) is 29.5 Å². The van der Waals surface area contributed by atoms with E-state index in [1.54, 1.807) is 18.3 Å². The summed E-state index contributed by atoms with van der Waals surface area (Å²) in [6, 6.07) is 6.87. The Hall–Kier alpha value is -2.74. The number of halogens is 2. The summed E-state index contributed by atoms with van der Waals surface area (Å²) in [5.41, 5.74) is 8.18. The van der Waals surface area contributed by atoms with Gasteiger partial charge in [-0.15, -0.1) is 0 Å². The van der Waals surface area contributed by atoms with Crippen molar-refractivity contribution in [3.63, 3.8) is 0 Å². The maximum absolute atomic E-state index is 13.7. The molecule has 1 amide bonds. The van der Waals surface area contributed by atoms with Gasteiger partial charge in [-0.2, -0.15) is 0 Å². The van der Waals surface area contributed by atoms with Crippen molar-refractivity contribution in [2.75, 3.05) is 11.5 Å². The summed E-state index contributed by atoms with van der Waals surface area (Å²) < 4.78 is 50.5. The summed E-state index contributed by atoms with van der Waals surface area (Å²) in [5, 5.41) is 0.736. The minimum atomic E-state index is -3.00. The lowest BCUT2D eigenvalue weighted by Crippen LogP contribution is -2.22. The van der Waals surface area contributed by atoms with Gasteiger partial charge in [0.2, 0.25) is 0 Å². The molecule has 5 nitrogen and oxygen atoms in total. The summed E-state index contributed by atoms with van der Waals surface area (Å²) >= 11 is 0. The molecule has 0 spiro atoms. The van der Waals surface area contributed by atoms with E-state index in [9.17, 15) is 22.0 Å². The topological polar surface area (TPSA) is 93.0 Å². The number of primary amides is 1. The van der Waals surface area contributed by atoms with Crippen LogP contribution in [0.5, 0.6) is 0 Å². The lowest BCUT2D eigenvalue weighted by atomic mass is 9.91. The van der Waals surface area contributed by atoms with Crippen molar-refractivity contribution in [3.05, 3.63) is 59.3 Å². The van der Waals surface area contributed by atoms with Gasteiger partial charge in [0.05, 0.1) is 22.6 Å². The first-order valence-corrected chi connectivity index (χ1v) is 10.7. The summed E-state index contributed by atoms with van der Waals surface area (Å²) in [6.45, 7) is 0. The highest BCUT2D eigenvalue weighted by Gasteiger charge is 2.27. The van der Waals surface area contributed by atoms with Crippen LogP contribution in [-0.2, 0) is 9.84 Å². The van der Waals surface area contributed by atoms with Crippen molar-refractivity contribution in [1.82, 2.24) is 4.98 Å². The molecule has 4 rings (SSSR count). The molecule has 1 aliphatic rings. The molecular formula is C20H18F2N2O3S. The highest BCUT2D eigenvalue weighted by Crippen LogP contribution is 2.37. The number of aromatic amines is 1. The summed E-state index contributed by atoms with van der Waals surface area (Å²) in [6.07, 6.45) is 2.77. The fourth-order valence-corrected chi connectivity index (χ4v) is 5.32. The van der Waals surface area contributed by atoms with Crippen LogP contribution in [0, 0.1) is 11.6 Å². The molecule has 1 saturated heterocycles. The Morgan fingerprint density at radius 1 is 1.04 bits per heavy atom. The third-order valence-electron chi connectivity index (χ3n) is 5.33. The van der Waals surface area contributed by atoms with Crippen LogP contribution in [0.4, 0.5) is 8.78 Å². The van der Waals surface area contributed by atoms with E-state index in [1.807, 2.05) is 0 Å². The van der Waals surface area contributed by atoms with Gasteiger partial charge in [0.15, 0.2) is 11.6 Å². The van der Waals surface area contributed by atoms with Gasteiger partial charge in [-0.3, -0.25) is 4.79 Å². The van der Waals surface area contributed by atoms with Crippen molar-refractivity contribution in [2.24, 2.45) is 5.73 Å². The molecule has 0 unspecified atom stereocenters. The van der Waals surface area contributed by atoms with Crippen LogP contribution in [0.1, 0.15) is 34.7 Å². The zero-order valence-corrected chi connectivity index (χ0v) is 15.7. The van der Waals surface area contributed by atoms with Crippen LogP contribution in [0.3, 0.4) is 0 Å². The Morgan fingerprint density at radius 3 is 2.39 bits per heavy atom. The molecular weight excluding hydrogens is 386 g/mol. The van der Waals surface area contributed by atoms with E-state index in [0.717, 1.165) is 23.1 Å². The van der Waals surface area contributed by atoms with Gasteiger partial charge in [-0.25, -0.2) is 17.2 Å². The summed E-state index contributed by atoms with van der Waals surface area (Å²) in [7, 11) is -3.00. The fourth-order valence-electron chi connectivity index (χ4n) is 3.83. The average molecular weight is 404 g/mol. The van der Waals surface area contributed by atoms with Gasteiger partial charge in [0.25, 0.3) is 5.91 Å². The molecule has 0 saturated carbocycles. The minimum Gasteiger partial charge on any atom is -0.366 e. The van der Waals surface area contributed by atoms with Crippen molar-refractivity contribution < 1.29 is 22.0 Å². The molecule has 146 valence electrons. The van der Waals surface area contributed by atoms with Crippen molar-refractivity contribution in [2.45, 2.75) is 18.8 Å². The number of benzene rings is 2. The lowest BCUT2D eigenvalue weighted by Gasteiger charge is -2.21. The molecule has 28 heavy (non-hydrogen) atoms. The largest absolute Gasteiger partial charge is 0.366 e. The predicted octanol–water partition coefficient (Wildman–Crippen LogP) is 3.50. The normalized spacial score (nSPS) is 17.1. The van der Waals surface area contributed by atoms with Gasteiger partial charge in [-0.05, 0) is 59.7 Å². The Bertz CT molecular complexity index is 1190. The smallest absolute Gasteiger partial charge is 0.250 e. The third kappa shape index (κ3) is 3.28. The molecule has 2 aromatic carbocycles. The number of carbonyl (C=O) groups is 1. The molecule has 3 N–H and O–H groups in total. The van der Waals surface area contributed by atoms with E-state index < -0.39 is 27.4 Å². The molecule has 1 fully saturated rings. The average Bonchev–Trinajstić information content (AvgIpc) is 3.07. The first-order valence-electron chi connectivity index (χ1n) is 8.86. The van der Waals surface area contributed by atoms with Crippen LogP contribution < -0.4 is 5.73 Å². The van der Waals surface area contributed by atoms with Crippen LogP contribution in [0.2, 0.25) is 0 Å². The van der Waals surface area contributed by atoms with Gasteiger partial charge in [0.1, 0.15) is 9.84 Å². The molecule has 3 aromatic rings. The monoisotopic (exact) mass is 404 g/mol. The van der Waals surface area contributed by atoms with Gasteiger partial charge in [0, 0.05) is 11.6 Å². The molecule has 0 bridgehead atoms. The number of nitrogens with one attached hydrogen (secondary N) is 1. The quantitative estimate of drug-likeness (QED) is 0.700. The predicted molar refractivity (Wildman–Crippen MR) is 103 cm³/mol. The SMILES string of the molecule is NC(=O)c1cc(-c2ccc(F)c(F)c2)cc2c(C3CCS(=O)(=O)CC3)c[nH]c12. The number of hydrogen-bond donors (Lipinski definition) is 2. The molecule has 0 aliphatic carbocycles. The zero-order valence-electron chi connectivity index (χ0n) is 14.8. The van der Waals surface area contributed by atoms with Crippen LogP contribution >= 0.6 is 0 Å².